The maximum absolute atomic E-state index is 11.5. The Bertz CT molecular complexity index is 394. The Morgan fingerprint density at radius 2 is 1.18 bits per heavy atom. The number of carbonyl (C=O) groups excluding carboxylic acids is 3. The second kappa shape index (κ2) is 8.85. The molecule has 0 aromatic rings. The third kappa shape index (κ3) is 12.3. The van der Waals surface area contributed by atoms with Crippen LogP contribution in [0.1, 0.15) is 12.8 Å². The average Bonchev–Trinajstić information content (AvgIpc) is 2.32. The molecule has 128 valence electrons. The van der Waals surface area contributed by atoms with Crippen molar-refractivity contribution in [2.75, 3.05) is 68.6 Å². The molecule has 0 atom stereocenters. The first-order valence-corrected chi connectivity index (χ1v) is 7.37. The highest BCUT2D eigenvalue weighted by Crippen LogP contribution is 1.99. The van der Waals surface area contributed by atoms with Gasteiger partial charge in [-0.05, 0) is 0 Å². The molecular weight excluding hydrogens is 288 g/mol. The number of esters is 2. The van der Waals surface area contributed by atoms with Gasteiger partial charge in [-0.15, -0.1) is 0 Å². The van der Waals surface area contributed by atoms with Crippen molar-refractivity contribution in [3.8, 4) is 0 Å². The molecule has 0 bridgehead atoms. The fourth-order valence-corrected chi connectivity index (χ4v) is 1.32. The monoisotopic (exact) mass is 318 g/mol. The number of ketones is 1. The first-order valence-electron chi connectivity index (χ1n) is 7.37. The highest BCUT2D eigenvalue weighted by atomic mass is 16.5. The molecular formula is C15H30N2O5+2. The summed E-state index contributed by atoms with van der Waals surface area (Å²) >= 11 is 0. The second-order valence-electron chi connectivity index (χ2n) is 7.31. The highest BCUT2D eigenvalue weighted by Gasteiger charge is 2.19. The van der Waals surface area contributed by atoms with Crippen molar-refractivity contribution >= 4 is 17.7 Å². The molecule has 0 rings (SSSR count). The number of ether oxygens (including phenoxy) is 2. The van der Waals surface area contributed by atoms with Crippen LogP contribution in [0, 0.1) is 0 Å². The van der Waals surface area contributed by atoms with Gasteiger partial charge >= 0.3 is 11.9 Å². The lowest BCUT2D eigenvalue weighted by molar-refractivity contribution is -0.870. The van der Waals surface area contributed by atoms with Gasteiger partial charge in [-0.25, -0.2) is 4.79 Å². The molecule has 0 radical (unpaired) electrons. The largest absolute Gasteiger partial charge is 0.460 e. The summed E-state index contributed by atoms with van der Waals surface area (Å²) in [6.07, 6.45) is -0.271. The summed E-state index contributed by atoms with van der Waals surface area (Å²) in [5, 5.41) is 0. The molecule has 0 aliphatic carbocycles. The predicted molar refractivity (Wildman–Crippen MR) is 82.0 cm³/mol. The van der Waals surface area contributed by atoms with Gasteiger partial charge in [0.15, 0.2) is 0 Å². The van der Waals surface area contributed by atoms with E-state index in [1.165, 1.54) is 0 Å². The predicted octanol–water partition coefficient (Wildman–Crippen LogP) is -0.165. The first kappa shape index (κ1) is 20.5. The number of nitrogens with zero attached hydrogens (tertiary/aromatic N) is 2. The number of likely N-dealkylation sites (N-methyl/N-ethyl adjacent to an activating group) is 2. The molecule has 0 fully saturated rings. The maximum Gasteiger partial charge on any atom is 0.374 e. The molecule has 0 aromatic carbocycles. The molecule has 0 aromatic heterocycles. The molecule has 0 aliphatic rings. The molecule has 22 heavy (non-hydrogen) atoms. The molecule has 0 aliphatic heterocycles. The third-order valence-corrected chi connectivity index (χ3v) is 2.80. The molecule has 0 spiro atoms. The lowest BCUT2D eigenvalue weighted by atomic mass is 10.2. The summed E-state index contributed by atoms with van der Waals surface area (Å²) in [6, 6.07) is 0. The topological polar surface area (TPSA) is 69.7 Å². The Balaban J connectivity index is 3.87. The summed E-state index contributed by atoms with van der Waals surface area (Å²) in [5.74, 6) is -2.04. The number of rotatable bonds is 10. The van der Waals surface area contributed by atoms with E-state index in [1.54, 1.807) is 0 Å². The van der Waals surface area contributed by atoms with Crippen LogP contribution in [0.5, 0.6) is 0 Å². The van der Waals surface area contributed by atoms with Crippen molar-refractivity contribution in [2.45, 2.75) is 12.8 Å². The fourth-order valence-electron chi connectivity index (χ4n) is 1.32. The lowest BCUT2D eigenvalue weighted by Crippen LogP contribution is -2.38. The zero-order chi connectivity index (χ0) is 17.4. The van der Waals surface area contributed by atoms with Crippen LogP contribution in [0.3, 0.4) is 0 Å². The molecule has 0 saturated carbocycles. The average molecular weight is 318 g/mol. The fraction of sp³-hybridized carbons (Fsp3) is 0.800. The molecule has 0 N–H and O–H groups in total. The number of carbonyl (C=O) groups is 3. The third-order valence-electron chi connectivity index (χ3n) is 2.80. The quantitative estimate of drug-likeness (QED) is 0.318. The highest BCUT2D eigenvalue weighted by molar-refractivity contribution is 6.33. The molecule has 7 heteroatoms. The number of quaternary nitrogens is 2. The minimum absolute atomic E-state index is 0.0968. The van der Waals surface area contributed by atoms with Crippen molar-refractivity contribution in [3.05, 3.63) is 0 Å². The van der Waals surface area contributed by atoms with Gasteiger partial charge < -0.3 is 18.4 Å². The smallest absolute Gasteiger partial charge is 0.374 e. The summed E-state index contributed by atoms with van der Waals surface area (Å²) in [7, 11) is 11.9. The first-order chi connectivity index (χ1) is 9.91. The van der Waals surface area contributed by atoms with Crippen molar-refractivity contribution in [3.63, 3.8) is 0 Å². The minimum Gasteiger partial charge on any atom is -0.460 e. The number of hydrogen-bond acceptors (Lipinski definition) is 5. The lowest BCUT2D eigenvalue weighted by Gasteiger charge is -2.23. The zero-order valence-corrected chi connectivity index (χ0v) is 14.7. The zero-order valence-electron chi connectivity index (χ0n) is 14.7. The van der Waals surface area contributed by atoms with Crippen LogP contribution in [-0.2, 0) is 23.9 Å². The molecule has 0 unspecified atom stereocenters. The Labute approximate surface area is 132 Å². The van der Waals surface area contributed by atoms with E-state index in [-0.39, 0.29) is 19.4 Å². The Morgan fingerprint density at radius 1 is 0.727 bits per heavy atom. The Morgan fingerprint density at radius 3 is 1.64 bits per heavy atom. The Hall–Kier alpha value is -1.47. The van der Waals surface area contributed by atoms with Crippen LogP contribution in [0.4, 0.5) is 0 Å². The van der Waals surface area contributed by atoms with Gasteiger partial charge in [0.25, 0.3) is 0 Å². The van der Waals surface area contributed by atoms with Gasteiger partial charge in [0.2, 0.25) is 5.78 Å². The van der Waals surface area contributed by atoms with E-state index in [4.69, 9.17) is 9.47 Å². The van der Waals surface area contributed by atoms with Crippen molar-refractivity contribution in [1.29, 1.82) is 0 Å². The van der Waals surface area contributed by atoms with E-state index in [0.717, 1.165) is 0 Å². The van der Waals surface area contributed by atoms with Crippen LogP contribution in [-0.4, -0.2) is 95.3 Å². The second-order valence-corrected chi connectivity index (χ2v) is 7.31. The van der Waals surface area contributed by atoms with Gasteiger partial charge in [-0.1, -0.05) is 0 Å². The SMILES string of the molecule is C[N+](C)(C)CCOC(=O)CCC(=O)C(=O)OCC[N+](C)(C)C. The van der Waals surface area contributed by atoms with E-state index < -0.39 is 17.7 Å². The van der Waals surface area contributed by atoms with Gasteiger partial charge in [0.1, 0.15) is 26.3 Å². The molecule has 0 amide bonds. The number of hydrogen-bond donors (Lipinski definition) is 0. The van der Waals surface area contributed by atoms with Gasteiger partial charge in [0.05, 0.1) is 48.7 Å². The van der Waals surface area contributed by atoms with E-state index >= 15 is 0 Å². The maximum atomic E-state index is 11.5. The van der Waals surface area contributed by atoms with Crippen molar-refractivity contribution in [1.82, 2.24) is 0 Å². The molecule has 0 saturated heterocycles. The molecule has 7 nitrogen and oxygen atoms in total. The van der Waals surface area contributed by atoms with Crippen LogP contribution in [0.2, 0.25) is 0 Å². The van der Waals surface area contributed by atoms with Gasteiger partial charge in [0, 0.05) is 6.42 Å². The van der Waals surface area contributed by atoms with E-state index in [1.807, 2.05) is 42.3 Å². The van der Waals surface area contributed by atoms with Crippen LogP contribution in [0.15, 0.2) is 0 Å². The summed E-state index contributed by atoms with van der Waals surface area (Å²) in [5.41, 5.74) is 0. The van der Waals surface area contributed by atoms with Crippen LogP contribution in [0.25, 0.3) is 0 Å². The van der Waals surface area contributed by atoms with Crippen LogP contribution >= 0.6 is 0 Å². The standard InChI is InChI=1S/C15H30N2O5/c1-16(2,3)9-11-21-14(19)8-7-13(18)15(20)22-12-10-17(4,5)6/h7-12H2,1-6H3/q+2. The number of Topliss-reactive ketones (excluding diaryl/α,β-unsaturated/α-hetero) is 1. The van der Waals surface area contributed by atoms with E-state index in [2.05, 4.69) is 0 Å². The minimum atomic E-state index is -0.882. The molecule has 0 heterocycles. The summed E-state index contributed by atoms with van der Waals surface area (Å²) in [6.45, 7) is 1.78. The normalized spacial score (nSPS) is 11.9. The van der Waals surface area contributed by atoms with E-state index in [0.29, 0.717) is 28.7 Å². The van der Waals surface area contributed by atoms with Gasteiger partial charge in [-0.2, -0.15) is 0 Å². The van der Waals surface area contributed by atoms with Gasteiger partial charge in [-0.3, -0.25) is 9.59 Å². The van der Waals surface area contributed by atoms with Crippen molar-refractivity contribution in [2.24, 2.45) is 0 Å². The van der Waals surface area contributed by atoms with Crippen LogP contribution < -0.4 is 0 Å². The summed E-state index contributed by atoms with van der Waals surface area (Å²) < 4.78 is 11.2. The summed E-state index contributed by atoms with van der Waals surface area (Å²) in [4.78, 5) is 34.5. The van der Waals surface area contributed by atoms with Crippen molar-refractivity contribution < 1.29 is 32.8 Å². The Kier molecular flexibility index (Phi) is 8.26. The van der Waals surface area contributed by atoms with E-state index in [9.17, 15) is 14.4 Å².